The highest BCUT2D eigenvalue weighted by Crippen LogP contribution is 2.38. The van der Waals surface area contributed by atoms with Gasteiger partial charge in [0.05, 0.1) is 6.54 Å². The van der Waals surface area contributed by atoms with E-state index in [4.69, 9.17) is 10.5 Å². The third kappa shape index (κ3) is 6.23. The van der Waals surface area contributed by atoms with Crippen LogP contribution in [0.15, 0.2) is 54.6 Å². The molecular formula is C28H37N3O5. The van der Waals surface area contributed by atoms with Crippen LogP contribution in [0.4, 0.5) is 4.79 Å². The number of nitrogens with zero attached hydrogens (tertiary/aromatic N) is 1. The smallest absolute Gasteiger partial charge is 0.408 e. The number of amides is 3. The Hall–Kier alpha value is -3.39. The van der Waals surface area contributed by atoms with Gasteiger partial charge in [0.15, 0.2) is 0 Å². The molecule has 1 saturated heterocycles. The number of carbonyl (C=O) groups is 3. The first-order valence-corrected chi connectivity index (χ1v) is 12.1. The van der Waals surface area contributed by atoms with E-state index in [0.29, 0.717) is 5.56 Å². The number of aliphatic hydroxyl groups is 1. The first kappa shape index (κ1) is 27.2. The average Bonchev–Trinajstić information content (AvgIpc) is 3.15. The molecule has 0 aromatic heterocycles. The van der Waals surface area contributed by atoms with Crippen molar-refractivity contribution in [1.29, 1.82) is 0 Å². The third-order valence-electron chi connectivity index (χ3n) is 6.25. The lowest BCUT2D eigenvalue weighted by atomic mass is 9.85. The molecule has 3 amide bonds. The molecule has 1 fully saturated rings. The molecule has 0 aliphatic carbocycles. The van der Waals surface area contributed by atoms with Crippen molar-refractivity contribution in [3.05, 3.63) is 60.2 Å². The van der Waals surface area contributed by atoms with Gasteiger partial charge in [-0.15, -0.1) is 0 Å². The Bertz CT molecular complexity index is 1100. The number of hydrogen-bond acceptors (Lipinski definition) is 5. The van der Waals surface area contributed by atoms with E-state index >= 15 is 0 Å². The fourth-order valence-electron chi connectivity index (χ4n) is 4.42. The van der Waals surface area contributed by atoms with E-state index in [1.54, 1.807) is 53.7 Å². The first-order valence-electron chi connectivity index (χ1n) is 12.1. The van der Waals surface area contributed by atoms with E-state index in [-0.39, 0.29) is 13.0 Å². The molecule has 2 aromatic carbocycles. The van der Waals surface area contributed by atoms with E-state index in [2.05, 4.69) is 5.32 Å². The van der Waals surface area contributed by atoms with Crippen LogP contribution >= 0.6 is 0 Å². The molecule has 2 aromatic rings. The van der Waals surface area contributed by atoms with Gasteiger partial charge in [-0.2, -0.15) is 0 Å². The molecule has 0 radical (unpaired) electrons. The molecule has 0 saturated carbocycles. The molecule has 3 rings (SSSR count). The molecule has 3 atom stereocenters. The highest BCUT2D eigenvalue weighted by molar-refractivity contribution is 5.92. The van der Waals surface area contributed by atoms with Gasteiger partial charge in [0.25, 0.3) is 0 Å². The van der Waals surface area contributed by atoms with E-state index in [1.165, 1.54) is 4.90 Å². The van der Waals surface area contributed by atoms with Crippen molar-refractivity contribution < 1.29 is 24.2 Å². The van der Waals surface area contributed by atoms with Crippen LogP contribution in [0, 0.1) is 5.41 Å². The van der Waals surface area contributed by atoms with Crippen molar-refractivity contribution in [2.24, 2.45) is 11.1 Å². The average molecular weight is 496 g/mol. The maximum atomic E-state index is 13.7. The summed E-state index contributed by atoms with van der Waals surface area (Å²) in [5.74, 6) is -1.22. The Morgan fingerprint density at radius 2 is 1.56 bits per heavy atom. The van der Waals surface area contributed by atoms with Crippen molar-refractivity contribution >= 4 is 17.9 Å². The van der Waals surface area contributed by atoms with E-state index in [9.17, 15) is 19.5 Å². The maximum absolute atomic E-state index is 13.7. The van der Waals surface area contributed by atoms with Crippen molar-refractivity contribution in [2.75, 3.05) is 6.54 Å². The van der Waals surface area contributed by atoms with E-state index in [1.807, 2.05) is 42.5 Å². The zero-order chi connectivity index (χ0) is 26.9. The number of nitrogens with one attached hydrogen (secondary N) is 1. The van der Waals surface area contributed by atoms with Crippen molar-refractivity contribution in [3.63, 3.8) is 0 Å². The second-order valence-electron chi connectivity index (χ2n) is 11.5. The molecule has 194 valence electrons. The Morgan fingerprint density at radius 1 is 1.00 bits per heavy atom. The predicted molar refractivity (Wildman–Crippen MR) is 138 cm³/mol. The van der Waals surface area contributed by atoms with Crippen LogP contribution in [0.3, 0.4) is 0 Å². The van der Waals surface area contributed by atoms with Gasteiger partial charge in [0, 0.05) is 6.42 Å². The minimum absolute atomic E-state index is 0.0396. The van der Waals surface area contributed by atoms with Crippen LogP contribution in [0.25, 0.3) is 11.1 Å². The zero-order valence-electron chi connectivity index (χ0n) is 21.9. The van der Waals surface area contributed by atoms with Crippen LogP contribution in [-0.2, 0) is 19.9 Å². The van der Waals surface area contributed by atoms with Gasteiger partial charge in [-0.25, -0.2) is 4.79 Å². The molecule has 0 spiro atoms. The van der Waals surface area contributed by atoms with Crippen molar-refractivity contribution in [2.45, 2.75) is 71.2 Å². The normalized spacial score (nSPS) is 21.1. The van der Waals surface area contributed by atoms with Crippen LogP contribution < -0.4 is 11.1 Å². The van der Waals surface area contributed by atoms with Gasteiger partial charge < -0.3 is 25.8 Å². The highest BCUT2D eigenvalue weighted by atomic mass is 16.6. The fourth-order valence-corrected chi connectivity index (χ4v) is 4.42. The number of alkyl carbamates (subject to hydrolysis) is 1. The van der Waals surface area contributed by atoms with Gasteiger partial charge in [0.2, 0.25) is 11.8 Å². The van der Waals surface area contributed by atoms with Crippen LogP contribution in [0.1, 0.15) is 53.5 Å². The van der Waals surface area contributed by atoms with Gasteiger partial charge in [-0.1, -0.05) is 75.4 Å². The number of rotatable bonds is 5. The molecule has 4 N–H and O–H groups in total. The largest absolute Gasteiger partial charge is 0.444 e. The Labute approximate surface area is 212 Å². The topological polar surface area (TPSA) is 122 Å². The number of ether oxygens (including phenoxy) is 1. The summed E-state index contributed by atoms with van der Waals surface area (Å²) in [5, 5.41) is 14.2. The molecule has 8 nitrogen and oxygen atoms in total. The summed E-state index contributed by atoms with van der Waals surface area (Å²) in [7, 11) is 0. The van der Waals surface area contributed by atoms with Crippen LogP contribution in [-0.4, -0.2) is 52.1 Å². The summed E-state index contributed by atoms with van der Waals surface area (Å²) < 4.78 is 5.35. The van der Waals surface area contributed by atoms with Crippen molar-refractivity contribution in [3.8, 4) is 11.1 Å². The van der Waals surface area contributed by atoms with Crippen molar-refractivity contribution in [1.82, 2.24) is 10.2 Å². The predicted octanol–water partition coefficient (Wildman–Crippen LogP) is 3.57. The molecule has 8 heteroatoms. The number of carbonyl (C=O) groups excluding carboxylic acids is 3. The monoisotopic (exact) mass is 495 g/mol. The lowest BCUT2D eigenvalue weighted by molar-refractivity contribution is -0.141. The first-order chi connectivity index (χ1) is 16.6. The Kier molecular flexibility index (Phi) is 7.50. The second kappa shape index (κ2) is 9.93. The molecular weight excluding hydrogens is 458 g/mol. The minimum Gasteiger partial charge on any atom is -0.444 e. The summed E-state index contributed by atoms with van der Waals surface area (Å²) in [6, 6.07) is 15.2. The molecule has 0 bridgehead atoms. The highest BCUT2D eigenvalue weighted by Gasteiger charge is 2.51. The van der Waals surface area contributed by atoms with Gasteiger partial charge in [-0.05, 0) is 42.9 Å². The lowest BCUT2D eigenvalue weighted by Gasteiger charge is -2.35. The minimum atomic E-state index is -1.47. The van der Waals surface area contributed by atoms with Crippen LogP contribution in [0.2, 0.25) is 0 Å². The summed E-state index contributed by atoms with van der Waals surface area (Å²) in [4.78, 5) is 39.8. The molecule has 1 unspecified atom stereocenters. The van der Waals surface area contributed by atoms with Crippen LogP contribution in [0.5, 0.6) is 0 Å². The second-order valence-corrected chi connectivity index (χ2v) is 11.5. The molecule has 1 heterocycles. The molecule has 1 aliphatic rings. The summed E-state index contributed by atoms with van der Waals surface area (Å²) in [6.45, 7) is 10.5. The number of primary amides is 1. The SMILES string of the molecule is CC(C)(C)OC(=O)NC(C(=O)N1C[C@](O)(c2ccc(-c3ccccc3)cc2)C[C@H]1C(N)=O)C(C)(C)C. The third-order valence-corrected chi connectivity index (χ3v) is 6.25. The van der Waals surface area contributed by atoms with E-state index < -0.39 is 46.6 Å². The number of hydrogen-bond donors (Lipinski definition) is 3. The summed E-state index contributed by atoms with van der Waals surface area (Å²) >= 11 is 0. The Balaban J connectivity index is 1.87. The quantitative estimate of drug-likeness (QED) is 0.585. The molecule has 1 aliphatic heterocycles. The number of β-amino-alcohol motifs (C(OH)–C–C–N with tert-alkyl or cyclic N) is 1. The maximum Gasteiger partial charge on any atom is 0.408 e. The molecule has 36 heavy (non-hydrogen) atoms. The van der Waals surface area contributed by atoms with Gasteiger partial charge in [-0.3, -0.25) is 9.59 Å². The van der Waals surface area contributed by atoms with E-state index in [0.717, 1.165) is 11.1 Å². The van der Waals surface area contributed by atoms with Gasteiger partial charge >= 0.3 is 6.09 Å². The lowest BCUT2D eigenvalue weighted by Crippen LogP contribution is -2.58. The zero-order valence-corrected chi connectivity index (χ0v) is 21.9. The Morgan fingerprint density at radius 3 is 2.06 bits per heavy atom. The standard InChI is InChI=1S/C28H37N3O5/c1-26(2,3)22(30-25(34)36-27(4,5)6)24(33)31-17-28(35,16-21(31)23(29)32)20-14-12-19(13-15-20)18-10-8-7-9-11-18/h7-15,21-22,35H,16-17H2,1-6H3,(H2,29,32)(H,30,34)/t21-,22?,28-/m0/s1. The summed E-state index contributed by atoms with van der Waals surface area (Å²) in [5.41, 5.74) is 5.34. The number of likely N-dealkylation sites (tertiary alicyclic amines) is 1. The fraction of sp³-hybridized carbons (Fsp3) is 0.464. The number of benzene rings is 2. The summed E-state index contributed by atoms with van der Waals surface area (Å²) in [6.07, 6.45) is -0.778. The van der Waals surface area contributed by atoms with Gasteiger partial charge in [0.1, 0.15) is 23.3 Å². The number of nitrogens with two attached hydrogens (primary N) is 1.